The molecule has 2 fully saturated rings. The molecule has 2 saturated carbocycles. The first kappa shape index (κ1) is 64.4. The number of aliphatic hydroxyl groups excluding tert-OH is 1. The number of aromatic nitrogens is 6. The SMILES string of the molecule is NC(=O)c1cc(-c2cccnc2[C@@H](CC(=O)Cn2nc(C(F)F)c3c2C(=O)C2CC32)Cc2cc(F)cc(F)c2)ccc1F.NC(=O)c1cc(-c2cccnc2[C@@H](CC(=O)Cn2nc(C(F)F)c3c2C(O)C2CC32)Cc2cc(F)cc(F)c2)ccc1F.[B].[H-].[Na+]. The van der Waals surface area contributed by atoms with Gasteiger partial charge in [-0.15, -0.1) is 0 Å². The van der Waals surface area contributed by atoms with E-state index >= 15 is 0 Å². The second-order valence-corrected chi connectivity index (χ2v) is 21.8. The molecule has 4 aliphatic carbocycles. The second-order valence-electron chi connectivity index (χ2n) is 21.8. The number of ketones is 3. The normalized spacial score (nSPS) is 18.0. The summed E-state index contributed by atoms with van der Waals surface area (Å²) in [6, 6.07) is 19.8. The monoisotopic (exact) mass is 1230 g/mol. The van der Waals surface area contributed by atoms with Gasteiger partial charge in [0, 0.05) is 85.8 Å². The predicted molar refractivity (Wildman–Crippen MR) is 293 cm³/mol. The van der Waals surface area contributed by atoms with Gasteiger partial charge in [-0.2, -0.15) is 10.2 Å². The Hall–Kier alpha value is -8.13. The molecule has 14 nitrogen and oxygen atoms in total. The molecule has 5 unspecified atom stereocenters. The average molecular weight is 1230 g/mol. The van der Waals surface area contributed by atoms with Crippen LogP contribution in [0.3, 0.4) is 0 Å². The number of amides is 2. The number of primary amides is 2. The average Bonchev–Trinajstić information content (AvgIpc) is 1.56. The maximum atomic E-state index is 14.2. The number of hydrogen-bond acceptors (Lipinski definition) is 10. The molecule has 4 aromatic heterocycles. The number of Topliss-reactive ketones (excluding diaryl/α,β-unsaturated/α-hetero) is 3. The van der Waals surface area contributed by atoms with E-state index in [1.165, 1.54) is 36.7 Å². The van der Waals surface area contributed by atoms with Crippen molar-refractivity contribution < 1.29 is 104 Å². The van der Waals surface area contributed by atoms with Gasteiger partial charge >= 0.3 is 29.6 Å². The number of carbonyl (C=O) groups is 5. The maximum absolute atomic E-state index is 14.2. The topological polar surface area (TPSA) is 219 Å². The van der Waals surface area contributed by atoms with Gasteiger partial charge in [0.15, 0.2) is 17.3 Å². The van der Waals surface area contributed by atoms with E-state index in [-0.39, 0.29) is 134 Å². The molecule has 0 saturated heterocycles. The number of alkyl halides is 4. The molecule has 447 valence electrons. The Labute approximate surface area is 520 Å². The van der Waals surface area contributed by atoms with Crippen molar-refractivity contribution in [1.82, 2.24) is 29.5 Å². The van der Waals surface area contributed by atoms with E-state index in [0.717, 1.165) is 45.8 Å². The number of rotatable bonds is 20. The Morgan fingerprint density at radius 2 is 1.02 bits per heavy atom. The molecule has 7 atom stereocenters. The van der Waals surface area contributed by atoms with Crippen LogP contribution in [0.25, 0.3) is 22.3 Å². The summed E-state index contributed by atoms with van der Waals surface area (Å²) in [5.74, 6) is -10.8. The summed E-state index contributed by atoms with van der Waals surface area (Å²) in [6.45, 7) is -0.886. The summed E-state index contributed by atoms with van der Waals surface area (Å²) >= 11 is 0. The number of pyridine rings is 2. The van der Waals surface area contributed by atoms with Gasteiger partial charge in [-0.05, 0) is 126 Å². The van der Waals surface area contributed by atoms with Crippen LogP contribution < -0.4 is 41.0 Å². The molecule has 26 heteroatoms. The first-order chi connectivity index (χ1) is 41.0. The molecule has 2 amide bonds. The number of carbonyl (C=O) groups excluding carboxylic acids is 5. The van der Waals surface area contributed by atoms with Crippen LogP contribution in [-0.2, 0) is 35.5 Å². The number of nitrogens with zero attached hydrogens (tertiary/aromatic N) is 6. The fourth-order valence-electron chi connectivity index (χ4n) is 12.3. The third-order valence-electron chi connectivity index (χ3n) is 16.1. The van der Waals surface area contributed by atoms with Crippen LogP contribution in [0.1, 0.15) is 152 Å². The minimum atomic E-state index is -2.91. The van der Waals surface area contributed by atoms with Gasteiger partial charge in [0.1, 0.15) is 58.5 Å². The zero-order valence-electron chi connectivity index (χ0n) is 47.4. The van der Waals surface area contributed by atoms with E-state index in [4.69, 9.17) is 11.5 Å². The summed E-state index contributed by atoms with van der Waals surface area (Å²) in [6.07, 6.45) is -3.42. The summed E-state index contributed by atoms with van der Waals surface area (Å²) in [5, 5.41) is 18.6. The number of halogens is 10. The number of fused-ring (bicyclic) bond motifs is 6. The molecular weight excluding hydrogens is 1180 g/mol. The second kappa shape index (κ2) is 25.9. The molecule has 4 aromatic carbocycles. The van der Waals surface area contributed by atoms with Crippen LogP contribution in [-0.4, -0.2) is 72.2 Å². The van der Waals surface area contributed by atoms with Crippen molar-refractivity contribution in [2.24, 2.45) is 23.3 Å². The van der Waals surface area contributed by atoms with Crippen molar-refractivity contribution in [2.75, 3.05) is 0 Å². The molecule has 0 spiro atoms. The minimum absolute atomic E-state index is 0. The van der Waals surface area contributed by atoms with Crippen molar-refractivity contribution in [3.8, 4) is 22.3 Å². The molecule has 4 aliphatic rings. The van der Waals surface area contributed by atoms with Gasteiger partial charge < -0.3 is 18.0 Å². The number of aliphatic hydroxyl groups is 1. The van der Waals surface area contributed by atoms with Crippen molar-refractivity contribution in [2.45, 2.75) is 94.2 Å². The fraction of sp³-hybridized carbons (Fsp3) is 0.274. The van der Waals surface area contributed by atoms with Gasteiger partial charge in [0.25, 0.3) is 24.7 Å². The minimum Gasteiger partial charge on any atom is -1.00 e. The van der Waals surface area contributed by atoms with Gasteiger partial charge in [-0.25, -0.2) is 43.9 Å². The first-order valence-corrected chi connectivity index (χ1v) is 27.1. The summed E-state index contributed by atoms with van der Waals surface area (Å²) in [7, 11) is 0. The molecule has 8 aromatic rings. The third kappa shape index (κ3) is 13.0. The van der Waals surface area contributed by atoms with E-state index in [0.29, 0.717) is 64.2 Å². The number of nitrogens with two attached hydrogens (primary N) is 2. The summed E-state index contributed by atoms with van der Waals surface area (Å²) in [5.41, 5.74) is 12.4. The van der Waals surface area contributed by atoms with Crippen molar-refractivity contribution in [3.63, 3.8) is 0 Å². The van der Waals surface area contributed by atoms with Gasteiger partial charge in [0.2, 0.25) is 0 Å². The first-order valence-electron chi connectivity index (χ1n) is 27.1. The zero-order chi connectivity index (χ0) is 61.2. The molecule has 3 radical (unpaired) electrons. The van der Waals surface area contributed by atoms with E-state index < -0.39 is 114 Å². The number of hydrogen-bond donors (Lipinski definition) is 3. The van der Waals surface area contributed by atoms with Crippen LogP contribution >= 0.6 is 0 Å². The Balaban J connectivity index is 0.000000223. The standard InChI is InChI=1S/C31H25F5N4O3.C31H23F5N4O3.B.Na.H/c2*32-17-7-14(8-18(33)11-17)6-16(26-20(2-1-5-38-26)15-3-4-24(34)23(10-15)31(37)43)9-19(41)13-40-28-25(27(39-40)30(35)36)21-12-22(21)29(28)42;;;/h1-5,7-8,10-11,16,21-22,29-30,42H,6,9,12-13H2,(H2,37,43);1-5,7-8,10-11,16,21-22,30H,6,9,12-13H2,(H2,37,43);;;/q;;;+1;-1/t16-,21?,22?,29?;16-,21?,22?;;;/m11.../s1. The van der Waals surface area contributed by atoms with Crippen molar-refractivity contribution in [3.05, 3.63) is 212 Å². The Kier molecular flexibility index (Phi) is 18.9. The van der Waals surface area contributed by atoms with Crippen LogP contribution in [0, 0.1) is 46.7 Å². The molecule has 0 bridgehead atoms. The van der Waals surface area contributed by atoms with E-state index in [1.54, 1.807) is 24.3 Å². The quantitative estimate of drug-likeness (QED) is 0.0494. The smallest absolute Gasteiger partial charge is 1.00 e. The van der Waals surface area contributed by atoms with E-state index in [9.17, 15) is 73.0 Å². The van der Waals surface area contributed by atoms with Gasteiger partial charge in [0.05, 0.1) is 40.9 Å². The van der Waals surface area contributed by atoms with Gasteiger partial charge in [-0.3, -0.25) is 43.3 Å². The molecule has 4 heterocycles. The Morgan fingerprint density at radius 1 is 0.580 bits per heavy atom. The molecule has 88 heavy (non-hydrogen) atoms. The van der Waals surface area contributed by atoms with Crippen LogP contribution in [0.2, 0.25) is 0 Å². The molecular formula is C62H49BF10N8NaO6. The van der Waals surface area contributed by atoms with Crippen LogP contribution in [0.15, 0.2) is 109 Å². The zero-order valence-corrected chi connectivity index (χ0v) is 48.4. The van der Waals surface area contributed by atoms with Crippen molar-refractivity contribution in [1.29, 1.82) is 0 Å². The summed E-state index contributed by atoms with van der Waals surface area (Å²) < 4.78 is 142. The largest absolute Gasteiger partial charge is 1.00 e. The Bertz CT molecular complexity index is 4060. The maximum Gasteiger partial charge on any atom is 1.00 e. The number of benzene rings is 4. The Morgan fingerprint density at radius 3 is 1.48 bits per heavy atom. The fourth-order valence-corrected chi connectivity index (χ4v) is 12.3. The van der Waals surface area contributed by atoms with Crippen LogP contribution in [0.4, 0.5) is 43.9 Å². The summed E-state index contributed by atoms with van der Waals surface area (Å²) in [4.78, 5) is 72.3. The van der Waals surface area contributed by atoms with E-state index in [2.05, 4.69) is 20.2 Å². The molecule has 5 N–H and O–H groups in total. The third-order valence-corrected chi connectivity index (χ3v) is 16.1. The van der Waals surface area contributed by atoms with Crippen molar-refractivity contribution >= 4 is 37.6 Å². The van der Waals surface area contributed by atoms with E-state index in [1.807, 2.05) is 0 Å². The predicted octanol–water partition coefficient (Wildman–Crippen LogP) is 7.96. The van der Waals surface area contributed by atoms with Crippen LogP contribution in [0.5, 0.6) is 0 Å². The van der Waals surface area contributed by atoms with Gasteiger partial charge in [-0.1, -0.05) is 24.3 Å². The molecule has 0 aliphatic heterocycles. The molecule has 12 rings (SSSR count).